The van der Waals surface area contributed by atoms with E-state index in [9.17, 15) is 0 Å². The van der Waals surface area contributed by atoms with E-state index >= 15 is 0 Å². The number of aryl methyl sites for hydroxylation is 1. The summed E-state index contributed by atoms with van der Waals surface area (Å²) in [6.07, 6.45) is 2.44. The second-order valence-corrected chi connectivity index (χ2v) is 5.31. The fourth-order valence-electron chi connectivity index (χ4n) is 2.24. The lowest BCUT2D eigenvalue weighted by Crippen LogP contribution is -1.89. The summed E-state index contributed by atoms with van der Waals surface area (Å²) in [6.45, 7) is 2.03. The summed E-state index contributed by atoms with van der Waals surface area (Å²) in [5.41, 5.74) is 9.33. The molecular formula is C15H13BrN2O2. The first-order valence-corrected chi connectivity index (χ1v) is 7.07. The van der Waals surface area contributed by atoms with E-state index in [1.807, 2.05) is 37.3 Å². The molecule has 0 saturated carbocycles. The number of nitrogen functional groups attached to an aromatic ring is 1. The smallest absolute Gasteiger partial charge is 0.230 e. The monoisotopic (exact) mass is 332 g/mol. The Hall–Kier alpha value is -2.01. The van der Waals surface area contributed by atoms with Crippen LogP contribution in [0.15, 0.2) is 50.0 Å². The summed E-state index contributed by atoms with van der Waals surface area (Å²) in [7, 11) is 0. The molecule has 2 N–H and O–H groups in total. The zero-order valence-corrected chi connectivity index (χ0v) is 12.5. The van der Waals surface area contributed by atoms with Crippen molar-refractivity contribution in [2.45, 2.75) is 13.3 Å². The number of halogens is 1. The number of nitrogens with two attached hydrogens (primary N) is 1. The van der Waals surface area contributed by atoms with Gasteiger partial charge in [0.25, 0.3) is 0 Å². The standard InChI is InChI=1S/C15H13BrN2O2/c1-2-12-11(6-7-19-12)14-13(15(17)20-18-14)9-4-3-5-10(16)8-9/h3-8H,2,17H2,1H3. The van der Waals surface area contributed by atoms with Gasteiger partial charge < -0.3 is 14.7 Å². The van der Waals surface area contributed by atoms with Crippen molar-refractivity contribution in [3.63, 3.8) is 0 Å². The first-order valence-electron chi connectivity index (χ1n) is 6.28. The van der Waals surface area contributed by atoms with Gasteiger partial charge in [0, 0.05) is 16.5 Å². The van der Waals surface area contributed by atoms with Gasteiger partial charge in [-0.25, -0.2) is 0 Å². The van der Waals surface area contributed by atoms with Crippen LogP contribution in [0.5, 0.6) is 0 Å². The van der Waals surface area contributed by atoms with Crippen LogP contribution in [0.1, 0.15) is 12.7 Å². The van der Waals surface area contributed by atoms with Crippen molar-refractivity contribution in [2.24, 2.45) is 0 Å². The molecule has 5 heteroatoms. The van der Waals surface area contributed by atoms with Gasteiger partial charge in [0.2, 0.25) is 5.88 Å². The molecule has 4 nitrogen and oxygen atoms in total. The van der Waals surface area contributed by atoms with Crippen LogP contribution >= 0.6 is 15.9 Å². The Morgan fingerprint density at radius 1 is 1.30 bits per heavy atom. The Labute approximate surface area is 124 Å². The number of benzene rings is 1. The molecule has 0 amide bonds. The zero-order chi connectivity index (χ0) is 14.1. The van der Waals surface area contributed by atoms with E-state index in [1.54, 1.807) is 6.26 Å². The molecule has 0 radical (unpaired) electrons. The van der Waals surface area contributed by atoms with Crippen LogP contribution < -0.4 is 5.73 Å². The van der Waals surface area contributed by atoms with Crippen molar-refractivity contribution in [1.82, 2.24) is 5.16 Å². The molecule has 2 heterocycles. The van der Waals surface area contributed by atoms with E-state index in [0.29, 0.717) is 11.6 Å². The summed E-state index contributed by atoms with van der Waals surface area (Å²) < 4.78 is 11.6. The van der Waals surface area contributed by atoms with Gasteiger partial charge in [0.15, 0.2) is 0 Å². The normalized spacial score (nSPS) is 10.9. The van der Waals surface area contributed by atoms with Crippen LogP contribution in [-0.2, 0) is 6.42 Å². The van der Waals surface area contributed by atoms with Crippen molar-refractivity contribution < 1.29 is 8.94 Å². The maximum atomic E-state index is 5.95. The predicted octanol–water partition coefficient (Wildman–Crippen LogP) is 4.51. The topological polar surface area (TPSA) is 65.2 Å². The number of rotatable bonds is 3. The average molecular weight is 333 g/mol. The average Bonchev–Trinajstić information content (AvgIpc) is 3.04. The maximum Gasteiger partial charge on any atom is 0.230 e. The number of nitrogens with zero attached hydrogens (tertiary/aromatic N) is 1. The first-order chi connectivity index (χ1) is 9.70. The van der Waals surface area contributed by atoms with E-state index < -0.39 is 0 Å². The van der Waals surface area contributed by atoms with Crippen molar-refractivity contribution in [2.75, 3.05) is 5.73 Å². The van der Waals surface area contributed by atoms with E-state index in [0.717, 1.165) is 33.3 Å². The number of aromatic nitrogens is 1. The van der Waals surface area contributed by atoms with Crippen LogP contribution in [0, 0.1) is 0 Å². The molecule has 102 valence electrons. The van der Waals surface area contributed by atoms with Gasteiger partial charge in [0.1, 0.15) is 11.5 Å². The molecule has 0 aliphatic carbocycles. The van der Waals surface area contributed by atoms with Gasteiger partial charge in [-0.2, -0.15) is 0 Å². The zero-order valence-electron chi connectivity index (χ0n) is 10.9. The van der Waals surface area contributed by atoms with E-state index in [2.05, 4.69) is 21.1 Å². The number of anilines is 1. The summed E-state index contributed by atoms with van der Waals surface area (Å²) in [6, 6.07) is 9.76. The Morgan fingerprint density at radius 3 is 2.90 bits per heavy atom. The van der Waals surface area contributed by atoms with Crippen LogP contribution in [-0.4, -0.2) is 5.16 Å². The predicted molar refractivity (Wildman–Crippen MR) is 81.1 cm³/mol. The molecule has 1 aromatic carbocycles. The highest BCUT2D eigenvalue weighted by Gasteiger charge is 2.20. The lowest BCUT2D eigenvalue weighted by molar-refractivity contribution is 0.439. The Morgan fingerprint density at radius 2 is 2.15 bits per heavy atom. The minimum Gasteiger partial charge on any atom is -0.469 e. The highest BCUT2D eigenvalue weighted by atomic mass is 79.9. The van der Waals surface area contributed by atoms with E-state index in [-0.39, 0.29) is 0 Å². The Kier molecular flexibility index (Phi) is 3.36. The molecule has 0 aliphatic rings. The Balaban J connectivity index is 2.20. The number of furan rings is 1. The third-order valence-corrected chi connectivity index (χ3v) is 3.65. The second-order valence-electron chi connectivity index (χ2n) is 4.39. The summed E-state index contributed by atoms with van der Waals surface area (Å²) in [5, 5.41) is 4.10. The lowest BCUT2D eigenvalue weighted by atomic mass is 10.0. The molecule has 0 aliphatic heterocycles. The molecule has 0 saturated heterocycles. The van der Waals surface area contributed by atoms with E-state index in [4.69, 9.17) is 14.7 Å². The van der Waals surface area contributed by atoms with E-state index in [1.165, 1.54) is 0 Å². The quantitative estimate of drug-likeness (QED) is 0.766. The summed E-state index contributed by atoms with van der Waals surface area (Å²) in [4.78, 5) is 0. The Bertz CT molecular complexity index is 746. The first kappa shape index (κ1) is 13.0. The third kappa shape index (κ3) is 2.14. The molecule has 3 aromatic rings. The minimum atomic E-state index is 0.307. The fraction of sp³-hybridized carbons (Fsp3) is 0.133. The summed E-state index contributed by atoms with van der Waals surface area (Å²) >= 11 is 3.46. The molecule has 0 bridgehead atoms. The second kappa shape index (κ2) is 5.17. The van der Waals surface area contributed by atoms with Gasteiger partial charge in [-0.05, 0) is 23.8 Å². The van der Waals surface area contributed by atoms with Crippen molar-refractivity contribution in [1.29, 1.82) is 0 Å². The molecule has 0 spiro atoms. The van der Waals surface area contributed by atoms with Gasteiger partial charge >= 0.3 is 0 Å². The van der Waals surface area contributed by atoms with Crippen molar-refractivity contribution in [3.8, 4) is 22.4 Å². The molecule has 3 rings (SSSR count). The van der Waals surface area contributed by atoms with Crippen molar-refractivity contribution >= 4 is 21.8 Å². The molecule has 2 aromatic heterocycles. The molecule has 0 atom stereocenters. The lowest BCUT2D eigenvalue weighted by Gasteiger charge is -2.03. The molecular weight excluding hydrogens is 320 g/mol. The van der Waals surface area contributed by atoms with Gasteiger partial charge in [0.05, 0.1) is 11.8 Å². The maximum absolute atomic E-state index is 5.95. The van der Waals surface area contributed by atoms with Crippen LogP contribution in [0.2, 0.25) is 0 Å². The van der Waals surface area contributed by atoms with Gasteiger partial charge in [-0.1, -0.05) is 40.1 Å². The largest absolute Gasteiger partial charge is 0.469 e. The highest BCUT2D eigenvalue weighted by Crippen LogP contribution is 2.38. The summed E-state index contributed by atoms with van der Waals surface area (Å²) in [5.74, 6) is 1.18. The fourth-order valence-corrected chi connectivity index (χ4v) is 2.63. The van der Waals surface area contributed by atoms with Crippen LogP contribution in [0.4, 0.5) is 5.88 Å². The van der Waals surface area contributed by atoms with Crippen LogP contribution in [0.25, 0.3) is 22.4 Å². The third-order valence-electron chi connectivity index (χ3n) is 3.15. The van der Waals surface area contributed by atoms with Crippen molar-refractivity contribution in [3.05, 3.63) is 46.8 Å². The van der Waals surface area contributed by atoms with Gasteiger partial charge in [-0.3, -0.25) is 0 Å². The minimum absolute atomic E-state index is 0.307. The molecule has 0 unspecified atom stereocenters. The molecule has 0 fully saturated rings. The number of hydrogen-bond acceptors (Lipinski definition) is 4. The van der Waals surface area contributed by atoms with Crippen LogP contribution in [0.3, 0.4) is 0 Å². The molecule has 20 heavy (non-hydrogen) atoms. The van der Waals surface area contributed by atoms with Gasteiger partial charge in [-0.15, -0.1) is 0 Å². The number of hydrogen-bond donors (Lipinski definition) is 1. The SMILES string of the molecule is CCc1occc1-c1noc(N)c1-c1cccc(Br)c1. The highest BCUT2D eigenvalue weighted by molar-refractivity contribution is 9.10.